The van der Waals surface area contributed by atoms with E-state index in [2.05, 4.69) is 23.2 Å². The number of rotatable bonds is 8. The summed E-state index contributed by atoms with van der Waals surface area (Å²) in [6, 6.07) is 6.10. The quantitative estimate of drug-likeness (QED) is 0.730. The van der Waals surface area contributed by atoms with Crippen molar-refractivity contribution in [1.29, 1.82) is 0 Å². The van der Waals surface area contributed by atoms with E-state index in [0.717, 1.165) is 42.3 Å². The molecule has 0 aliphatic carbocycles. The molecule has 2 rings (SSSR count). The van der Waals surface area contributed by atoms with Gasteiger partial charge in [-0.15, -0.1) is 0 Å². The summed E-state index contributed by atoms with van der Waals surface area (Å²) in [5.41, 5.74) is 2.21. The zero-order valence-corrected chi connectivity index (χ0v) is 16.3. The van der Waals surface area contributed by atoms with E-state index in [1.54, 1.807) is 0 Å². The Morgan fingerprint density at radius 1 is 1.32 bits per heavy atom. The van der Waals surface area contributed by atoms with Crippen molar-refractivity contribution >= 4 is 5.91 Å². The van der Waals surface area contributed by atoms with Crippen molar-refractivity contribution in [3.63, 3.8) is 0 Å². The average molecular weight is 347 g/mol. The number of hydrogen-bond acceptors (Lipinski definition) is 3. The summed E-state index contributed by atoms with van der Waals surface area (Å²) in [6.45, 7) is 12.6. The molecule has 1 aromatic carbocycles. The number of hydrogen-bond donors (Lipinski definition) is 1. The Morgan fingerprint density at radius 3 is 2.72 bits per heavy atom. The molecule has 140 valence electrons. The van der Waals surface area contributed by atoms with Gasteiger partial charge in [-0.25, -0.2) is 0 Å². The maximum atomic E-state index is 12.4. The summed E-state index contributed by atoms with van der Waals surface area (Å²) >= 11 is 0. The third-order valence-corrected chi connectivity index (χ3v) is 5.10. The van der Waals surface area contributed by atoms with E-state index in [1.807, 2.05) is 32.9 Å². The molecule has 1 fully saturated rings. The van der Waals surface area contributed by atoms with Crippen LogP contribution in [0.4, 0.5) is 0 Å². The molecule has 4 nitrogen and oxygen atoms in total. The van der Waals surface area contributed by atoms with Crippen LogP contribution in [0.5, 0.6) is 5.75 Å². The Balaban J connectivity index is 1.73. The van der Waals surface area contributed by atoms with Gasteiger partial charge in [0.2, 0.25) is 0 Å². The second-order valence-corrected chi connectivity index (χ2v) is 7.45. The molecule has 1 aliphatic rings. The molecule has 0 aromatic heterocycles. The van der Waals surface area contributed by atoms with Gasteiger partial charge in [0.05, 0.1) is 0 Å². The summed E-state index contributed by atoms with van der Waals surface area (Å²) < 4.78 is 5.97. The molecule has 1 heterocycles. The molecule has 0 spiro atoms. The predicted molar refractivity (Wildman–Crippen MR) is 103 cm³/mol. The number of carbonyl (C=O) groups is 1. The van der Waals surface area contributed by atoms with Crippen LogP contribution in [-0.4, -0.2) is 43.1 Å². The Hall–Kier alpha value is -1.55. The molecule has 0 saturated carbocycles. The lowest BCUT2D eigenvalue weighted by Crippen LogP contribution is -2.40. The number of carbonyl (C=O) groups excluding carboxylic acids is 1. The number of ether oxygens (including phenoxy) is 1. The Bertz CT molecular complexity index is 551. The molecule has 0 radical (unpaired) electrons. The number of piperidine rings is 1. The number of amides is 1. The van der Waals surface area contributed by atoms with E-state index in [4.69, 9.17) is 4.74 Å². The second-order valence-electron chi connectivity index (χ2n) is 7.45. The highest BCUT2D eigenvalue weighted by molar-refractivity contribution is 5.81. The lowest BCUT2D eigenvalue weighted by atomic mass is 9.99. The fraction of sp³-hybridized carbons (Fsp3) is 0.667. The molecule has 1 saturated heterocycles. The fourth-order valence-electron chi connectivity index (χ4n) is 3.22. The summed E-state index contributed by atoms with van der Waals surface area (Å²) in [5, 5.41) is 3.05. The maximum Gasteiger partial charge on any atom is 0.261 e. The summed E-state index contributed by atoms with van der Waals surface area (Å²) in [5.74, 6) is 1.67. The molecule has 1 aromatic rings. The van der Waals surface area contributed by atoms with Gasteiger partial charge in [0.15, 0.2) is 6.10 Å². The molecule has 25 heavy (non-hydrogen) atoms. The monoisotopic (exact) mass is 346 g/mol. The van der Waals surface area contributed by atoms with Crippen molar-refractivity contribution in [2.24, 2.45) is 5.92 Å². The first kappa shape index (κ1) is 19.8. The SMILES string of the molecule is CC[C@H](Oc1cc(C)ccc1C)C(=O)NCCCN1CCC(C)CC1. The number of likely N-dealkylation sites (tertiary alicyclic amines) is 1. The number of benzene rings is 1. The molecular weight excluding hydrogens is 312 g/mol. The van der Waals surface area contributed by atoms with Crippen molar-refractivity contribution in [2.45, 2.75) is 59.5 Å². The van der Waals surface area contributed by atoms with Crippen LogP contribution in [0, 0.1) is 19.8 Å². The van der Waals surface area contributed by atoms with E-state index in [1.165, 1.54) is 25.9 Å². The first-order valence-electron chi connectivity index (χ1n) is 9.73. The minimum atomic E-state index is -0.420. The minimum absolute atomic E-state index is 0.00401. The number of nitrogens with zero attached hydrogens (tertiary/aromatic N) is 1. The van der Waals surface area contributed by atoms with Crippen LogP contribution in [0.1, 0.15) is 50.7 Å². The van der Waals surface area contributed by atoms with Gasteiger partial charge < -0.3 is 15.0 Å². The zero-order valence-electron chi connectivity index (χ0n) is 16.3. The van der Waals surface area contributed by atoms with Crippen LogP contribution in [0.25, 0.3) is 0 Å². The third kappa shape index (κ3) is 6.35. The second kappa shape index (κ2) is 9.81. The maximum absolute atomic E-state index is 12.4. The first-order chi connectivity index (χ1) is 12.0. The lowest BCUT2D eigenvalue weighted by molar-refractivity contribution is -0.128. The lowest BCUT2D eigenvalue weighted by Gasteiger charge is -2.30. The van der Waals surface area contributed by atoms with Gasteiger partial charge in [0.25, 0.3) is 5.91 Å². The summed E-state index contributed by atoms with van der Waals surface area (Å²) in [7, 11) is 0. The van der Waals surface area contributed by atoms with Crippen molar-refractivity contribution in [2.75, 3.05) is 26.2 Å². The summed E-state index contributed by atoms with van der Waals surface area (Å²) in [6.07, 6.45) is 3.85. The molecular formula is C21H34N2O2. The third-order valence-electron chi connectivity index (χ3n) is 5.10. The Kier molecular flexibility index (Phi) is 7.76. The highest BCUT2D eigenvalue weighted by Gasteiger charge is 2.19. The van der Waals surface area contributed by atoms with Crippen molar-refractivity contribution in [3.8, 4) is 5.75 Å². The van der Waals surface area contributed by atoms with E-state index in [-0.39, 0.29) is 5.91 Å². The normalized spacial score (nSPS) is 17.3. The van der Waals surface area contributed by atoms with Crippen LogP contribution in [0.15, 0.2) is 18.2 Å². The highest BCUT2D eigenvalue weighted by atomic mass is 16.5. The van der Waals surface area contributed by atoms with Gasteiger partial charge >= 0.3 is 0 Å². The van der Waals surface area contributed by atoms with Gasteiger partial charge in [-0.05, 0) is 82.3 Å². The Morgan fingerprint density at radius 2 is 2.04 bits per heavy atom. The van der Waals surface area contributed by atoms with Gasteiger partial charge in [0, 0.05) is 6.54 Å². The first-order valence-corrected chi connectivity index (χ1v) is 9.73. The van der Waals surface area contributed by atoms with Crippen LogP contribution in [0.3, 0.4) is 0 Å². The predicted octanol–water partition coefficient (Wildman–Crippen LogP) is 3.70. The van der Waals surface area contributed by atoms with Gasteiger partial charge in [-0.3, -0.25) is 4.79 Å². The standard InChI is InChI=1S/C21H34N2O2/c1-5-19(25-20-15-17(3)7-8-18(20)4)21(24)22-11-6-12-23-13-9-16(2)10-14-23/h7-8,15-16,19H,5-6,9-14H2,1-4H3,(H,22,24)/t19-/m0/s1. The van der Waals surface area contributed by atoms with Crippen molar-refractivity contribution < 1.29 is 9.53 Å². The molecule has 1 atom stereocenters. The van der Waals surface area contributed by atoms with E-state index in [9.17, 15) is 4.79 Å². The van der Waals surface area contributed by atoms with Crippen LogP contribution < -0.4 is 10.1 Å². The smallest absolute Gasteiger partial charge is 0.261 e. The molecule has 1 aliphatic heterocycles. The van der Waals surface area contributed by atoms with Crippen LogP contribution in [0.2, 0.25) is 0 Å². The average Bonchev–Trinajstić information content (AvgIpc) is 2.60. The molecule has 1 N–H and O–H groups in total. The molecule has 1 amide bonds. The fourth-order valence-corrected chi connectivity index (χ4v) is 3.22. The molecule has 0 bridgehead atoms. The number of nitrogens with one attached hydrogen (secondary N) is 1. The number of aryl methyl sites for hydroxylation is 2. The van der Waals surface area contributed by atoms with Gasteiger partial charge in [-0.1, -0.05) is 26.0 Å². The summed E-state index contributed by atoms with van der Waals surface area (Å²) in [4.78, 5) is 14.9. The van der Waals surface area contributed by atoms with Crippen molar-refractivity contribution in [3.05, 3.63) is 29.3 Å². The van der Waals surface area contributed by atoms with Gasteiger partial charge in [-0.2, -0.15) is 0 Å². The molecule has 4 heteroatoms. The van der Waals surface area contributed by atoms with E-state index in [0.29, 0.717) is 6.42 Å². The highest BCUT2D eigenvalue weighted by Crippen LogP contribution is 2.21. The minimum Gasteiger partial charge on any atom is -0.480 e. The zero-order chi connectivity index (χ0) is 18.2. The Labute approximate surface area is 152 Å². The van der Waals surface area contributed by atoms with Crippen LogP contribution in [-0.2, 0) is 4.79 Å². The van der Waals surface area contributed by atoms with Crippen molar-refractivity contribution in [1.82, 2.24) is 10.2 Å². The van der Waals surface area contributed by atoms with Crippen LogP contribution >= 0.6 is 0 Å². The van der Waals surface area contributed by atoms with E-state index < -0.39 is 6.10 Å². The topological polar surface area (TPSA) is 41.6 Å². The van der Waals surface area contributed by atoms with E-state index >= 15 is 0 Å². The molecule has 0 unspecified atom stereocenters. The largest absolute Gasteiger partial charge is 0.480 e. The van der Waals surface area contributed by atoms with Gasteiger partial charge in [0.1, 0.15) is 5.75 Å².